The standard InChI is InChI=1S/C21H26N2O4/c1-23(12-7-13-25-17-8-3-2-4-9-17)15-21(24)22-14-18-16-26-19-10-5-6-11-20(19)27-18/h2-6,8-11,18H,7,12-16H2,1H3,(H,22,24). The van der Waals surface area contributed by atoms with Crippen molar-refractivity contribution in [2.75, 3.05) is 39.9 Å². The number of fused-ring (bicyclic) bond motifs is 1. The zero-order chi connectivity index (χ0) is 18.9. The van der Waals surface area contributed by atoms with Crippen molar-refractivity contribution in [3.63, 3.8) is 0 Å². The maximum Gasteiger partial charge on any atom is 0.234 e. The van der Waals surface area contributed by atoms with Crippen molar-refractivity contribution < 1.29 is 19.0 Å². The first kappa shape index (κ1) is 19.0. The third kappa shape index (κ3) is 6.18. The lowest BCUT2D eigenvalue weighted by molar-refractivity contribution is -0.122. The van der Waals surface area contributed by atoms with E-state index in [-0.39, 0.29) is 12.0 Å². The second-order valence-corrected chi connectivity index (χ2v) is 6.55. The van der Waals surface area contributed by atoms with Crippen LogP contribution in [-0.2, 0) is 4.79 Å². The molecule has 1 N–H and O–H groups in total. The van der Waals surface area contributed by atoms with Crippen LogP contribution in [-0.4, -0.2) is 56.8 Å². The lowest BCUT2D eigenvalue weighted by Gasteiger charge is -2.26. The summed E-state index contributed by atoms with van der Waals surface area (Å²) >= 11 is 0. The molecule has 3 rings (SSSR count). The quantitative estimate of drug-likeness (QED) is 0.687. The van der Waals surface area contributed by atoms with Crippen molar-refractivity contribution >= 4 is 5.91 Å². The van der Waals surface area contributed by atoms with Crippen LogP contribution in [0.4, 0.5) is 0 Å². The normalized spacial score (nSPS) is 15.4. The third-order valence-electron chi connectivity index (χ3n) is 4.20. The molecule has 27 heavy (non-hydrogen) atoms. The van der Waals surface area contributed by atoms with E-state index < -0.39 is 0 Å². The molecule has 1 aliphatic heterocycles. The number of nitrogens with one attached hydrogen (secondary N) is 1. The molecular weight excluding hydrogens is 344 g/mol. The predicted octanol–water partition coefficient (Wildman–Crippen LogP) is 2.34. The van der Waals surface area contributed by atoms with Gasteiger partial charge in [0.25, 0.3) is 0 Å². The summed E-state index contributed by atoms with van der Waals surface area (Å²) in [5.74, 6) is 2.31. The minimum atomic E-state index is -0.173. The van der Waals surface area contributed by atoms with Crippen LogP contribution in [0.5, 0.6) is 17.2 Å². The molecule has 0 radical (unpaired) electrons. The Hall–Kier alpha value is -2.73. The molecule has 1 aliphatic rings. The Morgan fingerprint density at radius 3 is 2.70 bits per heavy atom. The molecule has 6 nitrogen and oxygen atoms in total. The molecule has 0 spiro atoms. The van der Waals surface area contributed by atoms with Crippen molar-refractivity contribution in [3.8, 4) is 17.2 Å². The predicted molar refractivity (Wildman–Crippen MR) is 103 cm³/mol. The molecule has 0 aliphatic carbocycles. The summed E-state index contributed by atoms with van der Waals surface area (Å²) in [5.41, 5.74) is 0. The van der Waals surface area contributed by atoms with Crippen molar-refractivity contribution in [2.24, 2.45) is 0 Å². The highest BCUT2D eigenvalue weighted by Crippen LogP contribution is 2.30. The molecule has 1 heterocycles. The van der Waals surface area contributed by atoms with Crippen LogP contribution in [0.3, 0.4) is 0 Å². The maximum atomic E-state index is 12.1. The summed E-state index contributed by atoms with van der Waals surface area (Å²) in [6, 6.07) is 17.3. The van der Waals surface area contributed by atoms with E-state index in [2.05, 4.69) is 5.32 Å². The molecule has 2 aromatic rings. The number of amides is 1. The van der Waals surface area contributed by atoms with Crippen LogP contribution in [0.15, 0.2) is 54.6 Å². The van der Waals surface area contributed by atoms with E-state index in [1.54, 1.807) is 0 Å². The lowest BCUT2D eigenvalue weighted by atomic mass is 10.2. The fourth-order valence-electron chi connectivity index (χ4n) is 2.81. The van der Waals surface area contributed by atoms with Crippen molar-refractivity contribution in [1.82, 2.24) is 10.2 Å². The molecule has 6 heteroatoms. The van der Waals surface area contributed by atoms with Gasteiger partial charge in [-0.15, -0.1) is 0 Å². The number of para-hydroxylation sites is 3. The Morgan fingerprint density at radius 2 is 1.89 bits per heavy atom. The van der Waals surface area contributed by atoms with Gasteiger partial charge in [0.05, 0.1) is 19.7 Å². The zero-order valence-electron chi connectivity index (χ0n) is 15.6. The first-order valence-electron chi connectivity index (χ1n) is 9.22. The van der Waals surface area contributed by atoms with Gasteiger partial charge >= 0.3 is 0 Å². The maximum absolute atomic E-state index is 12.1. The van der Waals surface area contributed by atoms with Gasteiger partial charge in [0.1, 0.15) is 18.5 Å². The fraction of sp³-hybridized carbons (Fsp3) is 0.381. The molecular formula is C21H26N2O4. The van der Waals surface area contributed by atoms with Crippen molar-refractivity contribution in [2.45, 2.75) is 12.5 Å². The number of likely N-dealkylation sites (N-methyl/N-ethyl adjacent to an activating group) is 1. The number of carbonyl (C=O) groups is 1. The van der Waals surface area contributed by atoms with Gasteiger partial charge in [0.2, 0.25) is 5.91 Å². The molecule has 0 aromatic heterocycles. The molecule has 0 saturated carbocycles. The Kier molecular flexibility index (Phi) is 6.93. The van der Waals surface area contributed by atoms with Crippen LogP contribution < -0.4 is 19.5 Å². The average Bonchev–Trinajstić information content (AvgIpc) is 2.70. The molecule has 144 valence electrons. The number of carbonyl (C=O) groups excluding carboxylic acids is 1. The highest BCUT2D eigenvalue weighted by Gasteiger charge is 2.21. The van der Waals surface area contributed by atoms with E-state index in [0.29, 0.717) is 26.3 Å². The van der Waals surface area contributed by atoms with Gasteiger partial charge < -0.3 is 19.5 Å². The van der Waals surface area contributed by atoms with Crippen molar-refractivity contribution in [1.29, 1.82) is 0 Å². The molecule has 2 aromatic carbocycles. The van der Waals surface area contributed by atoms with Gasteiger partial charge in [0, 0.05) is 6.54 Å². The molecule has 0 bridgehead atoms. The summed E-state index contributed by atoms with van der Waals surface area (Å²) in [5, 5.41) is 2.91. The molecule has 0 fully saturated rings. The summed E-state index contributed by atoms with van der Waals surface area (Å²) < 4.78 is 17.1. The van der Waals surface area contributed by atoms with Crippen LogP contribution in [0.25, 0.3) is 0 Å². The first-order valence-corrected chi connectivity index (χ1v) is 9.22. The molecule has 1 atom stereocenters. The van der Waals surface area contributed by atoms with Crippen LogP contribution in [0.2, 0.25) is 0 Å². The van der Waals surface area contributed by atoms with Gasteiger partial charge in [-0.05, 0) is 37.7 Å². The van der Waals surface area contributed by atoms with E-state index in [0.717, 1.165) is 30.2 Å². The second kappa shape index (κ2) is 9.83. The summed E-state index contributed by atoms with van der Waals surface area (Å²) in [4.78, 5) is 14.1. The smallest absolute Gasteiger partial charge is 0.234 e. The first-order chi connectivity index (χ1) is 13.2. The monoisotopic (exact) mass is 370 g/mol. The second-order valence-electron chi connectivity index (χ2n) is 6.55. The van der Waals surface area contributed by atoms with Gasteiger partial charge in [0.15, 0.2) is 11.5 Å². The number of benzene rings is 2. The van der Waals surface area contributed by atoms with Gasteiger partial charge in [-0.25, -0.2) is 0 Å². The highest BCUT2D eigenvalue weighted by molar-refractivity contribution is 5.78. The van der Waals surface area contributed by atoms with Crippen LogP contribution in [0.1, 0.15) is 6.42 Å². The van der Waals surface area contributed by atoms with Gasteiger partial charge in [-0.3, -0.25) is 9.69 Å². The Morgan fingerprint density at radius 1 is 1.15 bits per heavy atom. The molecule has 1 amide bonds. The Bertz CT molecular complexity index is 723. The largest absolute Gasteiger partial charge is 0.494 e. The van der Waals surface area contributed by atoms with Crippen LogP contribution >= 0.6 is 0 Å². The average molecular weight is 370 g/mol. The topological polar surface area (TPSA) is 60.0 Å². The minimum Gasteiger partial charge on any atom is -0.494 e. The van der Waals surface area contributed by atoms with E-state index in [1.807, 2.05) is 66.5 Å². The SMILES string of the molecule is CN(CCCOc1ccccc1)CC(=O)NCC1COc2ccccc2O1. The van der Waals surface area contributed by atoms with E-state index >= 15 is 0 Å². The Balaban J connectivity index is 1.29. The molecule has 1 unspecified atom stereocenters. The number of hydrogen-bond acceptors (Lipinski definition) is 5. The van der Waals surface area contributed by atoms with E-state index in [9.17, 15) is 4.79 Å². The zero-order valence-corrected chi connectivity index (χ0v) is 15.6. The minimum absolute atomic E-state index is 0.0241. The number of ether oxygens (including phenoxy) is 3. The number of rotatable bonds is 9. The molecule has 0 saturated heterocycles. The summed E-state index contributed by atoms with van der Waals surface area (Å²) in [7, 11) is 1.93. The van der Waals surface area contributed by atoms with Gasteiger partial charge in [-0.2, -0.15) is 0 Å². The summed E-state index contributed by atoms with van der Waals surface area (Å²) in [6.45, 7) is 2.62. The fourth-order valence-corrected chi connectivity index (χ4v) is 2.81. The van der Waals surface area contributed by atoms with E-state index in [4.69, 9.17) is 14.2 Å². The number of hydrogen-bond donors (Lipinski definition) is 1. The third-order valence-corrected chi connectivity index (χ3v) is 4.20. The lowest BCUT2D eigenvalue weighted by Crippen LogP contribution is -2.43. The summed E-state index contributed by atoms with van der Waals surface area (Å²) in [6.07, 6.45) is 0.683. The van der Waals surface area contributed by atoms with E-state index in [1.165, 1.54) is 0 Å². The van der Waals surface area contributed by atoms with Gasteiger partial charge in [-0.1, -0.05) is 30.3 Å². The number of nitrogens with zero attached hydrogens (tertiary/aromatic N) is 1. The van der Waals surface area contributed by atoms with Crippen LogP contribution in [0, 0.1) is 0 Å². The Labute approximate surface area is 160 Å². The highest BCUT2D eigenvalue weighted by atomic mass is 16.6. The van der Waals surface area contributed by atoms with Crippen molar-refractivity contribution in [3.05, 3.63) is 54.6 Å².